The summed E-state index contributed by atoms with van der Waals surface area (Å²) in [6.07, 6.45) is 4.10. The van der Waals surface area contributed by atoms with E-state index in [1.807, 2.05) is 0 Å². The van der Waals surface area contributed by atoms with Gasteiger partial charge in [0.15, 0.2) is 0 Å². The standard InChI is InChI=1S/C9H18N2/c1-8-3-2-5-11-9(8)4-6-10-7-9/h8,10-11H,2-7H2,1H3. The van der Waals surface area contributed by atoms with E-state index < -0.39 is 0 Å². The Bertz CT molecular complexity index is 138. The Kier molecular flexibility index (Phi) is 1.90. The number of hydrogen-bond acceptors (Lipinski definition) is 2. The van der Waals surface area contributed by atoms with Crippen molar-refractivity contribution in [2.45, 2.75) is 31.7 Å². The van der Waals surface area contributed by atoms with Crippen LogP contribution in [0, 0.1) is 5.92 Å². The molecular formula is C9H18N2. The molecule has 0 radical (unpaired) electrons. The average molecular weight is 154 g/mol. The van der Waals surface area contributed by atoms with E-state index in [1.54, 1.807) is 0 Å². The van der Waals surface area contributed by atoms with E-state index in [2.05, 4.69) is 17.6 Å². The molecule has 2 N–H and O–H groups in total. The zero-order valence-electron chi connectivity index (χ0n) is 7.32. The van der Waals surface area contributed by atoms with Crippen molar-refractivity contribution in [1.82, 2.24) is 10.6 Å². The van der Waals surface area contributed by atoms with Gasteiger partial charge in [0.1, 0.15) is 0 Å². The van der Waals surface area contributed by atoms with E-state index in [4.69, 9.17) is 0 Å². The predicted octanol–water partition coefficient (Wildman–Crippen LogP) is 0.738. The van der Waals surface area contributed by atoms with E-state index in [1.165, 1.54) is 38.9 Å². The van der Waals surface area contributed by atoms with Crippen LogP contribution in [-0.2, 0) is 0 Å². The largest absolute Gasteiger partial charge is 0.315 e. The summed E-state index contributed by atoms with van der Waals surface area (Å²) in [5.74, 6) is 0.867. The van der Waals surface area contributed by atoms with E-state index in [0.29, 0.717) is 5.54 Å². The molecule has 64 valence electrons. The van der Waals surface area contributed by atoms with Gasteiger partial charge in [0.25, 0.3) is 0 Å². The minimum atomic E-state index is 0.470. The van der Waals surface area contributed by atoms with Gasteiger partial charge in [0, 0.05) is 12.1 Å². The average Bonchev–Trinajstić information content (AvgIpc) is 2.46. The molecule has 2 nitrogen and oxygen atoms in total. The van der Waals surface area contributed by atoms with Crippen LogP contribution in [0.2, 0.25) is 0 Å². The molecule has 11 heavy (non-hydrogen) atoms. The maximum atomic E-state index is 3.68. The molecule has 2 rings (SSSR count). The van der Waals surface area contributed by atoms with Crippen molar-refractivity contribution < 1.29 is 0 Å². The molecule has 2 saturated heterocycles. The lowest BCUT2D eigenvalue weighted by Gasteiger charge is -2.40. The van der Waals surface area contributed by atoms with Gasteiger partial charge >= 0.3 is 0 Å². The summed E-state index contributed by atoms with van der Waals surface area (Å²) in [6, 6.07) is 0. The molecule has 2 heterocycles. The van der Waals surface area contributed by atoms with Gasteiger partial charge in [-0.3, -0.25) is 0 Å². The third-order valence-corrected chi connectivity index (χ3v) is 3.42. The highest BCUT2D eigenvalue weighted by Crippen LogP contribution is 2.30. The lowest BCUT2D eigenvalue weighted by Crippen LogP contribution is -2.55. The van der Waals surface area contributed by atoms with E-state index >= 15 is 0 Å². The molecule has 0 aromatic carbocycles. The fourth-order valence-corrected chi connectivity index (χ4v) is 2.48. The number of nitrogens with one attached hydrogen (secondary N) is 2. The van der Waals surface area contributed by atoms with E-state index in [0.717, 1.165) is 5.92 Å². The van der Waals surface area contributed by atoms with Gasteiger partial charge in [0.2, 0.25) is 0 Å². The van der Waals surface area contributed by atoms with Gasteiger partial charge in [-0.05, 0) is 38.3 Å². The molecule has 2 unspecified atom stereocenters. The Balaban J connectivity index is 2.07. The molecule has 2 aliphatic rings. The smallest absolute Gasteiger partial charge is 0.0344 e. The Hall–Kier alpha value is -0.0800. The fourth-order valence-electron chi connectivity index (χ4n) is 2.48. The van der Waals surface area contributed by atoms with Gasteiger partial charge < -0.3 is 10.6 Å². The number of piperidine rings is 1. The van der Waals surface area contributed by atoms with Crippen LogP contribution in [-0.4, -0.2) is 25.2 Å². The van der Waals surface area contributed by atoms with E-state index in [9.17, 15) is 0 Å². The number of hydrogen-bond donors (Lipinski definition) is 2. The zero-order chi connectivity index (χ0) is 7.73. The van der Waals surface area contributed by atoms with Gasteiger partial charge in [-0.25, -0.2) is 0 Å². The Labute approximate surface area is 68.7 Å². The van der Waals surface area contributed by atoms with Crippen LogP contribution in [0.5, 0.6) is 0 Å². The first-order chi connectivity index (χ1) is 5.33. The van der Waals surface area contributed by atoms with E-state index in [-0.39, 0.29) is 0 Å². The molecular weight excluding hydrogens is 136 g/mol. The van der Waals surface area contributed by atoms with Crippen LogP contribution in [0.15, 0.2) is 0 Å². The predicted molar refractivity (Wildman–Crippen MR) is 46.6 cm³/mol. The minimum Gasteiger partial charge on any atom is -0.315 e. The molecule has 1 spiro atoms. The summed E-state index contributed by atoms with van der Waals surface area (Å²) in [4.78, 5) is 0. The topological polar surface area (TPSA) is 24.1 Å². The van der Waals surface area contributed by atoms with Crippen molar-refractivity contribution in [3.05, 3.63) is 0 Å². The lowest BCUT2D eigenvalue weighted by molar-refractivity contribution is 0.191. The second-order valence-corrected chi connectivity index (χ2v) is 4.05. The van der Waals surface area contributed by atoms with Crippen molar-refractivity contribution in [1.29, 1.82) is 0 Å². The molecule has 0 aromatic heterocycles. The molecule has 2 atom stereocenters. The first-order valence-electron chi connectivity index (χ1n) is 4.79. The van der Waals surface area contributed by atoms with Crippen molar-refractivity contribution in [2.75, 3.05) is 19.6 Å². The van der Waals surface area contributed by atoms with Gasteiger partial charge in [-0.1, -0.05) is 6.92 Å². The first kappa shape index (κ1) is 7.56. The van der Waals surface area contributed by atoms with Crippen LogP contribution in [0.25, 0.3) is 0 Å². The van der Waals surface area contributed by atoms with Crippen molar-refractivity contribution in [3.8, 4) is 0 Å². The molecule has 0 saturated carbocycles. The minimum absolute atomic E-state index is 0.470. The Morgan fingerprint density at radius 3 is 2.91 bits per heavy atom. The summed E-state index contributed by atoms with van der Waals surface area (Å²) in [6.45, 7) is 6.01. The SMILES string of the molecule is CC1CCCNC12CCNC2. The van der Waals surface area contributed by atoms with Crippen LogP contribution in [0.3, 0.4) is 0 Å². The maximum Gasteiger partial charge on any atom is 0.0344 e. The zero-order valence-corrected chi connectivity index (χ0v) is 7.32. The summed E-state index contributed by atoms with van der Waals surface area (Å²) in [5.41, 5.74) is 0.470. The molecule has 2 heteroatoms. The van der Waals surface area contributed by atoms with Crippen LogP contribution in [0.1, 0.15) is 26.2 Å². The van der Waals surface area contributed by atoms with Crippen molar-refractivity contribution in [3.63, 3.8) is 0 Å². The Morgan fingerprint density at radius 2 is 2.27 bits per heavy atom. The third-order valence-electron chi connectivity index (χ3n) is 3.42. The number of rotatable bonds is 0. The Morgan fingerprint density at radius 1 is 1.36 bits per heavy atom. The molecule has 2 fully saturated rings. The fraction of sp³-hybridized carbons (Fsp3) is 1.00. The summed E-state index contributed by atoms with van der Waals surface area (Å²) in [7, 11) is 0. The molecule has 2 aliphatic heterocycles. The summed E-state index contributed by atoms with van der Waals surface area (Å²) >= 11 is 0. The highest BCUT2D eigenvalue weighted by molar-refractivity contribution is 5.01. The molecule has 0 aliphatic carbocycles. The first-order valence-corrected chi connectivity index (χ1v) is 4.79. The van der Waals surface area contributed by atoms with Crippen molar-refractivity contribution >= 4 is 0 Å². The normalized spacial score (nSPS) is 45.0. The second-order valence-electron chi connectivity index (χ2n) is 4.05. The molecule has 0 amide bonds. The highest BCUT2D eigenvalue weighted by Gasteiger charge is 2.39. The third kappa shape index (κ3) is 1.18. The lowest BCUT2D eigenvalue weighted by atomic mass is 9.79. The van der Waals surface area contributed by atoms with Crippen LogP contribution < -0.4 is 10.6 Å². The summed E-state index contributed by atoms with van der Waals surface area (Å²) in [5, 5.41) is 7.13. The monoisotopic (exact) mass is 154 g/mol. The van der Waals surface area contributed by atoms with Crippen molar-refractivity contribution in [2.24, 2.45) is 5.92 Å². The summed E-state index contributed by atoms with van der Waals surface area (Å²) < 4.78 is 0. The molecule has 0 aromatic rings. The second kappa shape index (κ2) is 2.76. The maximum absolute atomic E-state index is 3.68. The van der Waals surface area contributed by atoms with Crippen LogP contribution in [0.4, 0.5) is 0 Å². The quantitative estimate of drug-likeness (QED) is 0.538. The van der Waals surface area contributed by atoms with Gasteiger partial charge in [-0.2, -0.15) is 0 Å². The molecule has 0 bridgehead atoms. The van der Waals surface area contributed by atoms with Gasteiger partial charge in [-0.15, -0.1) is 0 Å². The van der Waals surface area contributed by atoms with Gasteiger partial charge in [0.05, 0.1) is 0 Å². The van der Waals surface area contributed by atoms with Crippen LogP contribution >= 0.6 is 0 Å². The highest BCUT2D eigenvalue weighted by atomic mass is 15.1.